The molecule has 2 aromatic carbocycles. The number of carbonyl (C=O) groups is 2. The van der Waals surface area contributed by atoms with E-state index in [4.69, 9.17) is 16.3 Å². The van der Waals surface area contributed by atoms with Gasteiger partial charge in [-0.3, -0.25) is 9.59 Å². The summed E-state index contributed by atoms with van der Waals surface area (Å²) < 4.78 is 4.93. The number of carbonyl (C=O) groups excluding carboxylic acids is 2. The summed E-state index contributed by atoms with van der Waals surface area (Å²) in [7, 11) is 0. The first kappa shape index (κ1) is 18.0. The fourth-order valence-corrected chi connectivity index (χ4v) is 2.50. The minimum Gasteiger partial charge on any atom is -0.427 e. The van der Waals surface area contributed by atoms with E-state index < -0.39 is 0 Å². The van der Waals surface area contributed by atoms with E-state index in [1.165, 1.54) is 24.9 Å². The van der Waals surface area contributed by atoms with Crippen LogP contribution in [0.4, 0.5) is 0 Å². The summed E-state index contributed by atoms with van der Waals surface area (Å²) in [5.41, 5.74) is 3.23. The molecule has 0 fully saturated rings. The number of halogens is 1. The van der Waals surface area contributed by atoms with Crippen LogP contribution in [-0.2, 0) is 9.59 Å². The highest BCUT2D eigenvalue weighted by Crippen LogP contribution is 2.19. The molecule has 0 heterocycles. The third-order valence-electron chi connectivity index (χ3n) is 2.73. The lowest BCUT2D eigenvalue weighted by Gasteiger charge is -2.02. The first-order valence-electron chi connectivity index (χ1n) is 7.02. The van der Waals surface area contributed by atoms with E-state index in [2.05, 4.69) is 10.5 Å². The normalized spacial score (nSPS) is 10.6. The summed E-state index contributed by atoms with van der Waals surface area (Å²) in [4.78, 5) is 23.5. The Hall–Kier alpha value is -2.31. The number of thioether (sulfide) groups is 1. The van der Waals surface area contributed by atoms with Gasteiger partial charge in [-0.1, -0.05) is 11.6 Å². The highest BCUT2D eigenvalue weighted by Gasteiger charge is 2.02. The second kappa shape index (κ2) is 9.10. The smallest absolute Gasteiger partial charge is 0.308 e. The molecule has 24 heavy (non-hydrogen) atoms. The molecule has 0 spiro atoms. The number of nitrogens with zero attached hydrogens (tertiary/aromatic N) is 1. The molecule has 2 aromatic rings. The SMILES string of the molecule is CC(=O)Oc1ccc(/C=N\NC(=O)CSc2ccc(Cl)cc2)cc1. The van der Waals surface area contributed by atoms with Gasteiger partial charge >= 0.3 is 5.97 Å². The molecule has 124 valence electrons. The molecule has 2 rings (SSSR count). The van der Waals surface area contributed by atoms with Crippen molar-refractivity contribution < 1.29 is 14.3 Å². The van der Waals surface area contributed by atoms with Crippen molar-refractivity contribution in [2.45, 2.75) is 11.8 Å². The molecule has 0 radical (unpaired) electrons. The Kier molecular flexibility index (Phi) is 6.84. The lowest BCUT2D eigenvalue weighted by atomic mass is 10.2. The van der Waals surface area contributed by atoms with Crippen molar-refractivity contribution in [2.75, 3.05) is 5.75 Å². The third kappa shape index (κ3) is 6.44. The van der Waals surface area contributed by atoms with Crippen molar-refractivity contribution in [3.63, 3.8) is 0 Å². The minimum absolute atomic E-state index is 0.206. The number of esters is 1. The van der Waals surface area contributed by atoms with E-state index >= 15 is 0 Å². The van der Waals surface area contributed by atoms with Gasteiger partial charge in [0.15, 0.2) is 0 Å². The molecule has 7 heteroatoms. The van der Waals surface area contributed by atoms with Crippen LogP contribution in [0.5, 0.6) is 5.75 Å². The Morgan fingerprint density at radius 2 is 1.83 bits per heavy atom. The predicted molar refractivity (Wildman–Crippen MR) is 95.7 cm³/mol. The van der Waals surface area contributed by atoms with E-state index in [9.17, 15) is 9.59 Å². The molecule has 0 saturated carbocycles. The molecule has 0 unspecified atom stereocenters. The van der Waals surface area contributed by atoms with Crippen LogP contribution in [0.1, 0.15) is 12.5 Å². The molecule has 0 aromatic heterocycles. The van der Waals surface area contributed by atoms with Crippen LogP contribution in [0.15, 0.2) is 58.5 Å². The largest absolute Gasteiger partial charge is 0.427 e. The van der Waals surface area contributed by atoms with Gasteiger partial charge in [-0.2, -0.15) is 5.10 Å². The molecule has 0 aliphatic rings. The molecule has 5 nitrogen and oxygen atoms in total. The molecule has 0 aliphatic carbocycles. The highest BCUT2D eigenvalue weighted by molar-refractivity contribution is 8.00. The summed E-state index contributed by atoms with van der Waals surface area (Å²) in [6, 6.07) is 14.0. The summed E-state index contributed by atoms with van der Waals surface area (Å²) in [5.74, 6) is 0.136. The number of nitrogens with one attached hydrogen (secondary N) is 1. The number of rotatable bonds is 6. The van der Waals surface area contributed by atoms with Crippen molar-refractivity contribution in [2.24, 2.45) is 5.10 Å². The fraction of sp³-hybridized carbons (Fsp3) is 0.118. The molecule has 1 amide bonds. The second-order valence-electron chi connectivity index (χ2n) is 4.70. The molecular formula is C17H15ClN2O3S. The Labute approximate surface area is 149 Å². The summed E-state index contributed by atoms with van der Waals surface area (Å²) >= 11 is 7.20. The lowest BCUT2D eigenvalue weighted by molar-refractivity contribution is -0.131. The summed E-state index contributed by atoms with van der Waals surface area (Å²) in [6.45, 7) is 1.34. The minimum atomic E-state index is -0.373. The quantitative estimate of drug-likeness (QED) is 0.281. The maximum atomic E-state index is 11.7. The van der Waals surface area contributed by atoms with Crippen molar-refractivity contribution in [3.05, 3.63) is 59.1 Å². The number of amides is 1. The Balaban J connectivity index is 1.77. The average Bonchev–Trinajstić information content (AvgIpc) is 2.55. The zero-order chi connectivity index (χ0) is 17.4. The molecule has 0 atom stereocenters. The van der Waals surface area contributed by atoms with E-state index in [-0.39, 0.29) is 17.6 Å². The Morgan fingerprint density at radius 3 is 2.46 bits per heavy atom. The van der Waals surface area contributed by atoms with Crippen molar-refractivity contribution in [1.82, 2.24) is 5.43 Å². The van der Waals surface area contributed by atoms with E-state index in [1.807, 2.05) is 12.1 Å². The standard InChI is InChI=1S/C17H15ClN2O3S/c1-12(21)23-15-6-2-13(3-7-15)10-19-20-17(22)11-24-16-8-4-14(18)5-9-16/h2-10H,11H2,1H3,(H,20,22)/b19-10-. The number of hydrogen-bond donors (Lipinski definition) is 1. The number of hydrazone groups is 1. The first-order valence-corrected chi connectivity index (χ1v) is 8.38. The van der Waals surface area contributed by atoms with Crippen LogP contribution >= 0.6 is 23.4 Å². The zero-order valence-corrected chi connectivity index (χ0v) is 14.4. The summed E-state index contributed by atoms with van der Waals surface area (Å²) in [5, 5.41) is 4.55. The van der Waals surface area contributed by atoms with Crippen LogP contribution in [-0.4, -0.2) is 23.8 Å². The van der Waals surface area contributed by atoms with Gasteiger partial charge in [0.25, 0.3) is 0 Å². The van der Waals surface area contributed by atoms with Gasteiger partial charge in [-0.25, -0.2) is 5.43 Å². The molecule has 0 saturated heterocycles. The lowest BCUT2D eigenvalue weighted by Crippen LogP contribution is -2.19. The van der Waals surface area contributed by atoms with Crippen LogP contribution in [0.2, 0.25) is 5.02 Å². The van der Waals surface area contributed by atoms with Crippen LogP contribution in [0, 0.1) is 0 Å². The van der Waals surface area contributed by atoms with Crippen molar-refractivity contribution >= 4 is 41.5 Å². The van der Waals surface area contributed by atoms with Crippen LogP contribution in [0.25, 0.3) is 0 Å². The maximum absolute atomic E-state index is 11.7. The predicted octanol–water partition coefficient (Wildman–Crippen LogP) is 3.51. The summed E-state index contributed by atoms with van der Waals surface area (Å²) in [6.07, 6.45) is 1.52. The van der Waals surface area contributed by atoms with Gasteiger partial charge in [0, 0.05) is 16.8 Å². The number of ether oxygens (including phenoxy) is 1. The third-order valence-corrected chi connectivity index (χ3v) is 3.99. The Morgan fingerprint density at radius 1 is 1.17 bits per heavy atom. The number of hydrogen-bond acceptors (Lipinski definition) is 5. The highest BCUT2D eigenvalue weighted by atomic mass is 35.5. The van der Waals surface area contributed by atoms with Gasteiger partial charge in [0.05, 0.1) is 12.0 Å². The van der Waals surface area contributed by atoms with E-state index in [0.717, 1.165) is 10.5 Å². The van der Waals surface area contributed by atoms with Gasteiger partial charge in [-0.15, -0.1) is 11.8 Å². The fourth-order valence-electron chi connectivity index (χ4n) is 1.68. The molecule has 1 N–H and O–H groups in total. The van der Waals surface area contributed by atoms with Gasteiger partial charge < -0.3 is 4.74 Å². The second-order valence-corrected chi connectivity index (χ2v) is 6.18. The van der Waals surface area contributed by atoms with Gasteiger partial charge in [-0.05, 0) is 54.1 Å². The zero-order valence-electron chi connectivity index (χ0n) is 12.9. The van der Waals surface area contributed by atoms with Crippen LogP contribution < -0.4 is 10.2 Å². The number of benzene rings is 2. The van der Waals surface area contributed by atoms with Gasteiger partial charge in [0.2, 0.25) is 5.91 Å². The molecule has 0 aliphatic heterocycles. The maximum Gasteiger partial charge on any atom is 0.308 e. The van der Waals surface area contributed by atoms with Crippen molar-refractivity contribution in [1.29, 1.82) is 0 Å². The van der Waals surface area contributed by atoms with E-state index in [1.54, 1.807) is 36.4 Å². The topological polar surface area (TPSA) is 67.8 Å². The molecular weight excluding hydrogens is 348 g/mol. The van der Waals surface area contributed by atoms with Crippen LogP contribution in [0.3, 0.4) is 0 Å². The molecule has 0 bridgehead atoms. The Bertz CT molecular complexity index is 731. The van der Waals surface area contributed by atoms with E-state index in [0.29, 0.717) is 10.8 Å². The average molecular weight is 363 g/mol. The van der Waals surface area contributed by atoms with Crippen molar-refractivity contribution in [3.8, 4) is 5.75 Å². The first-order chi connectivity index (χ1) is 11.5. The monoisotopic (exact) mass is 362 g/mol. The van der Waals surface area contributed by atoms with Gasteiger partial charge in [0.1, 0.15) is 5.75 Å².